The molecule has 0 saturated carbocycles. The zero-order valence-electron chi connectivity index (χ0n) is 10.4. The highest BCUT2D eigenvalue weighted by Gasteiger charge is 2.16. The van der Waals surface area contributed by atoms with Gasteiger partial charge in [-0.1, -0.05) is 25.4 Å². The highest BCUT2D eigenvalue weighted by Crippen LogP contribution is 2.19. The van der Waals surface area contributed by atoms with Crippen LogP contribution >= 0.6 is 11.6 Å². The number of halogens is 1. The third-order valence-electron chi connectivity index (χ3n) is 2.52. The van der Waals surface area contributed by atoms with Crippen LogP contribution < -0.4 is 5.73 Å². The molecule has 3 nitrogen and oxygen atoms in total. The maximum absolute atomic E-state index is 12.3. The molecular weight excluding hydrogens is 236 g/mol. The van der Waals surface area contributed by atoms with Gasteiger partial charge in [0.15, 0.2) is 0 Å². The van der Waals surface area contributed by atoms with Gasteiger partial charge in [-0.2, -0.15) is 0 Å². The number of nitrogens with two attached hydrogens (primary N) is 1. The normalized spacial score (nSPS) is 10.3. The molecule has 0 radical (unpaired) electrons. The zero-order chi connectivity index (χ0) is 12.8. The van der Waals surface area contributed by atoms with Gasteiger partial charge in [0, 0.05) is 23.8 Å². The molecule has 1 aromatic rings. The second kappa shape index (κ2) is 6.50. The van der Waals surface area contributed by atoms with Gasteiger partial charge in [0.25, 0.3) is 5.91 Å². The van der Waals surface area contributed by atoms with E-state index in [0.29, 0.717) is 16.3 Å². The summed E-state index contributed by atoms with van der Waals surface area (Å²) >= 11 is 5.89. The molecule has 0 unspecified atom stereocenters. The van der Waals surface area contributed by atoms with Crippen LogP contribution in [0.5, 0.6) is 0 Å². The number of rotatable bonds is 5. The number of hydrogen-bond donors (Lipinski definition) is 1. The van der Waals surface area contributed by atoms with Crippen molar-refractivity contribution in [1.29, 1.82) is 0 Å². The van der Waals surface area contributed by atoms with Crippen molar-refractivity contribution in [2.45, 2.75) is 26.7 Å². The van der Waals surface area contributed by atoms with Gasteiger partial charge in [0.05, 0.1) is 5.56 Å². The molecule has 0 fully saturated rings. The third-order valence-corrected chi connectivity index (χ3v) is 2.76. The summed E-state index contributed by atoms with van der Waals surface area (Å²) in [7, 11) is 0. The minimum atomic E-state index is -0.0336. The summed E-state index contributed by atoms with van der Waals surface area (Å²) < 4.78 is 0. The van der Waals surface area contributed by atoms with Crippen LogP contribution in [-0.2, 0) is 0 Å². The van der Waals surface area contributed by atoms with E-state index in [4.69, 9.17) is 17.3 Å². The Morgan fingerprint density at radius 1 is 1.29 bits per heavy atom. The molecule has 1 aromatic carbocycles. The number of nitrogen functional groups attached to an aromatic ring is 1. The topological polar surface area (TPSA) is 46.3 Å². The molecule has 1 rings (SSSR count). The molecule has 94 valence electrons. The number of nitrogens with zero attached hydrogens (tertiary/aromatic N) is 1. The molecule has 0 bridgehead atoms. The molecule has 0 spiro atoms. The van der Waals surface area contributed by atoms with Crippen molar-refractivity contribution in [1.82, 2.24) is 4.90 Å². The minimum Gasteiger partial charge on any atom is -0.398 e. The smallest absolute Gasteiger partial charge is 0.255 e. The van der Waals surface area contributed by atoms with E-state index in [-0.39, 0.29) is 5.91 Å². The Hall–Kier alpha value is -1.22. The Morgan fingerprint density at radius 3 is 2.41 bits per heavy atom. The lowest BCUT2D eigenvalue weighted by Gasteiger charge is -2.22. The van der Waals surface area contributed by atoms with Crippen LogP contribution in [0.15, 0.2) is 18.2 Å². The van der Waals surface area contributed by atoms with Crippen molar-refractivity contribution in [3.63, 3.8) is 0 Å². The van der Waals surface area contributed by atoms with Crippen LogP contribution in [0.25, 0.3) is 0 Å². The SMILES string of the molecule is CCCN(CCC)C(=O)c1cc(Cl)ccc1N. The lowest BCUT2D eigenvalue weighted by molar-refractivity contribution is 0.0756. The number of amides is 1. The van der Waals surface area contributed by atoms with E-state index < -0.39 is 0 Å². The molecule has 0 aliphatic heterocycles. The van der Waals surface area contributed by atoms with Crippen LogP contribution in [0.4, 0.5) is 5.69 Å². The largest absolute Gasteiger partial charge is 0.398 e. The second-order valence-electron chi connectivity index (χ2n) is 4.02. The van der Waals surface area contributed by atoms with E-state index in [2.05, 4.69) is 13.8 Å². The van der Waals surface area contributed by atoms with E-state index in [1.807, 2.05) is 4.90 Å². The first kappa shape index (κ1) is 13.8. The molecule has 1 amide bonds. The third kappa shape index (κ3) is 3.63. The number of carbonyl (C=O) groups excluding carboxylic acids is 1. The van der Waals surface area contributed by atoms with E-state index in [9.17, 15) is 4.79 Å². The zero-order valence-corrected chi connectivity index (χ0v) is 11.1. The van der Waals surface area contributed by atoms with Crippen molar-refractivity contribution in [2.75, 3.05) is 18.8 Å². The van der Waals surface area contributed by atoms with E-state index >= 15 is 0 Å². The van der Waals surface area contributed by atoms with Crippen molar-refractivity contribution >= 4 is 23.2 Å². The van der Waals surface area contributed by atoms with Gasteiger partial charge in [0.1, 0.15) is 0 Å². The minimum absolute atomic E-state index is 0.0336. The Balaban J connectivity index is 2.95. The molecule has 17 heavy (non-hydrogen) atoms. The quantitative estimate of drug-likeness (QED) is 0.821. The number of anilines is 1. The van der Waals surface area contributed by atoms with Gasteiger partial charge in [0.2, 0.25) is 0 Å². The summed E-state index contributed by atoms with van der Waals surface area (Å²) in [5, 5.41) is 0.537. The Labute approximate surface area is 108 Å². The van der Waals surface area contributed by atoms with Crippen molar-refractivity contribution in [2.24, 2.45) is 0 Å². The monoisotopic (exact) mass is 254 g/mol. The molecule has 2 N–H and O–H groups in total. The Kier molecular flexibility index (Phi) is 5.29. The van der Waals surface area contributed by atoms with Crippen LogP contribution in [0.3, 0.4) is 0 Å². The fourth-order valence-corrected chi connectivity index (χ4v) is 1.91. The van der Waals surface area contributed by atoms with Gasteiger partial charge >= 0.3 is 0 Å². The summed E-state index contributed by atoms with van der Waals surface area (Å²) in [5.74, 6) is -0.0336. The summed E-state index contributed by atoms with van der Waals surface area (Å²) in [6, 6.07) is 5.00. The van der Waals surface area contributed by atoms with Crippen LogP contribution in [0.1, 0.15) is 37.0 Å². The molecule has 0 heterocycles. The second-order valence-corrected chi connectivity index (χ2v) is 4.46. The fourth-order valence-electron chi connectivity index (χ4n) is 1.74. The highest BCUT2D eigenvalue weighted by atomic mass is 35.5. The molecule has 0 aliphatic carbocycles. The summed E-state index contributed by atoms with van der Waals surface area (Å²) in [6.07, 6.45) is 1.87. The first-order valence-electron chi connectivity index (χ1n) is 5.94. The van der Waals surface area contributed by atoms with Gasteiger partial charge in [-0.3, -0.25) is 4.79 Å². The number of hydrogen-bond acceptors (Lipinski definition) is 2. The van der Waals surface area contributed by atoms with Crippen LogP contribution in [0.2, 0.25) is 5.02 Å². The van der Waals surface area contributed by atoms with E-state index in [1.54, 1.807) is 18.2 Å². The molecule has 0 saturated heterocycles. The average Bonchev–Trinajstić information content (AvgIpc) is 2.31. The number of benzene rings is 1. The summed E-state index contributed by atoms with van der Waals surface area (Å²) in [6.45, 7) is 5.60. The van der Waals surface area contributed by atoms with Gasteiger partial charge in [-0.25, -0.2) is 0 Å². The summed E-state index contributed by atoms with van der Waals surface area (Å²) in [5.41, 5.74) is 6.80. The first-order chi connectivity index (χ1) is 8.10. The molecular formula is C13H19ClN2O. The Morgan fingerprint density at radius 2 is 1.88 bits per heavy atom. The number of carbonyl (C=O) groups is 1. The Bertz CT molecular complexity index is 387. The molecule has 0 aromatic heterocycles. The van der Waals surface area contributed by atoms with Gasteiger partial charge in [-0.15, -0.1) is 0 Å². The van der Waals surface area contributed by atoms with Gasteiger partial charge in [-0.05, 0) is 31.0 Å². The summed E-state index contributed by atoms with van der Waals surface area (Å²) in [4.78, 5) is 14.1. The standard InChI is InChI=1S/C13H19ClN2O/c1-3-7-16(8-4-2)13(17)11-9-10(14)5-6-12(11)15/h5-6,9H,3-4,7-8,15H2,1-2H3. The maximum atomic E-state index is 12.3. The van der Waals surface area contributed by atoms with E-state index in [0.717, 1.165) is 25.9 Å². The average molecular weight is 255 g/mol. The fraction of sp³-hybridized carbons (Fsp3) is 0.462. The van der Waals surface area contributed by atoms with E-state index in [1.165, 1.54) is 0 Å². The lowest BCUT2D eigenvalue weighted by Crippen LogP contribution is -2.33. The molecule has 4 heteroatoms. The van der Waals surface area contributed by atoms with Crippen molar-refractivity contribution in [3.8, 4) is 0 Å². The van der Waals surface area contributed by atoms with Crippen molar-refractivity contribution < 1.29 is 4.79 Å². The predicted octanol–water partition coefficient (Wildman–Crippen LogP) is 3.18. The van der Waals surface area contributed by atoms with Crippen LogP contribution in [0, 0.1) is 0 Å². The molecule has 0 atom stereocenters. The first-order valence-corrected chi connectivity index (χ1v) is 6.32. The van der Waals surface area contributed by atoms with Crippen molar-refractivity contribution in [3.05, 3.63) is 28.8 Å². The molecule has 0 aliphatic rings. The highest BCUT2D eigenvalue weighted by molar-refractivity contribution is 6.31. The maximum Gasteiger partial charge on any atom is 0.255 e. The van der Waals surface area contributed by atoms with Crippen LogP contribution in [-0.4, -0.2) is 23.9 Å². The van der Waals surface area contributed by atoms with Gasteiger partial charge < -0.3 is 10.6 Å². The predicted molar refractivity (Wildman–Crippen MR) is 72.3 cm³/mol. The lowest BCUT2D eigenvalue weighted by atomic mass is 10.1.